The third-order valence-electron chi connectivity index (χ3n) is 3.67. The minimum Gasteiger partial charge on any atom is -0.375 e. The summed E-state index contributed by atoms with van der Waals surface area (Å²) in [5.74, 6) is -0.424. The molecule has 0 unspecified atom stereocenters. The summed E-state index contributed by atoms with van der Waals surface area (Å²) in [6, 6.07) is 3.75. The summed E-state index contributed by atoms with van der Waals surface area (Å²) < 4.78 is 44.9. The minimum absolute atomic E-state index is 0.0163. The Labute approximate surface area is 126 Å². The van der Waals surface area contributed by atoms with E-state index < -0.39 is 15.8 Å². The maximum absolute atomic E-state index is 13.1. The van der Waals surface area contributed by atoms with E-state index in [-0.39, 0.29) is 11.0 Å². The number of halogens is 1. The van der Waals surface area contributed by atoms with Gasteiger partial charge in [-0.25, -0.2) is 12.8 Å². The van der Waals surface area contributed by atoms with Crippen molar-refractivity contribution >= 4 is 10.0 Å². The summed E-state index contributed by atoms with van der Waals surface area (Å²) in [6.07, 6.45) is 3.26. The van der Waals surface area contributed by atoms with E-state index in [0.717, 1.165) is 19.3 Å². The van der Waals surface area contributed by atoms with Gasteiger partial charge < -0.3 is 4.74 Å². The molecular formula is C15H22FNO3S. The zero-order valence-corrected chi connectivity index (χ0v) is 13.3. The fraction of sp³-hybridized carbons (Fsp3) is 0.600. The van der Waals surface area contributed by atoms with Gasteiger partial charge in [0.05, 0.1) is 11.0 Å². The van der Waals surface area contributed by atoms with E-state index >= 15 is 0 Å². The van der Waals surface area contributed by atoms with Gasteiger partial charge in [-0.15, -0.1) is 0 Å². The second-order valence-electron chi connectivity index (χ2n) is 5.43. The molecule has 1 aromatic rings. The van der Waals surface area contributed by atoms with E-state index in [4.69, 9.17) is 4.74 Å². The number of hydrogen-bond acceptors (Lipinski definition) is 3. The van der Waals surface area contributed by atoms with Crippen LogP contribution in [0.15, 0.2) is 23.1 Å². The van der Waals surface area contributed by atoms with Crippen molar-refractivity contribution in [1.29, 1.82) is 0 Å². The Morgan fingerprint density at radius 1 is 1.33 bits per heavy atom. The van der Waals surface area contributed by atoms with Crippen LogP contribution in [0.3, 0.4) is 0 Å². The van der Waals surface area contributed by atoms with Crippen LogP contribution in [0.2, 0.25) is 0 Å². The lowest BCUT2D eigenvalue weighted by atomic mass is 10.2. The molecule has 1 aliphatic rings. The third-order valence-corrected chi connectivity index (χ3v) is 5.66. The molecule has 1 fully saturated rings. The van der Waals surface area contributed by atoms with Gasteiger partial charge >= 0.3 is 0 Å². The maximum Gasteiger partial charge on any atom is 0.243 e. The molecule has 118 valence electrons. The van der Waals surface area contributed by atoms with Crippen molar-refractivity contribution in [3.05, 3.63) is 29.6 Å². The lowest BCUT2D eigenvalue weighted by Crippen LogP contribution is -2.54. The molecule has 6 heteroatoms. The first-order valence-electron chi connectivity index (χ1n) is 7.33. The van der Waals surface area contributed by atoms with Gasteiger partial charge in [0.25, 0.3) is 0 Å². The summed E-state index contributed by atoms with van der Waals surface area (Å²) in [7, 11) is -3.53. The van der Waals surface area contributed by atoms with Crippen LogP contribution in [-0.4, -0.2) is 38.5 Å². The molecule has 1 saturated heterocycles. The second-order valence-corrected chi connectivity index (χ2v) is 7.34. The molecule has 0 N–H and O–H groups in total. The van der Waals surface area contributed by atoms with E-state index in [0.29, 0.717) is 25.3 Å². The first kappa shape index (κ1) is 16.4. The van der Waals surface area contributed by atoms with Crippen LogP contribution in [0.25, 0.3) is 0 Å². The van der Waals surface area contributed by atoms with Crippen molar-refractivity contribution in [2.75, 3.05) is 19.7 Å². The Morgan fingerprint density at radius 3 is 2.67 bits per heavy atom. The summed E-state index contributed by atoms with van der Waals surface area (Å²) in [5.41, 5.74) is 0.433. The van der Waals surface area contributed by atoms with Crippen molar-refractivity contribution in [1.82, 2.24) is 4.31 Å². The summed E-state index contributed by atoms with van der Waals surface area (Å²) in [4.78, 5) is 0.174. The topological polar surface area (TPSA) is 46.6 Å². The van der Waals surface area contributed by atoms with Gasteiger partial charge in [-0.2, -0.15) is 4.31 Å². The number of unbranched alkanes of at least 4 members (excludes halogenated alkanes) is 2. The smallest absolute Gasteiger partial charge is 0.243 e. The van der Waals surface area contributed by atoms with Gasteiger partial charge in [-0.3, -0.25) is 0 Å². The molecule has 0 atom stereocenters. The fourth-order valence-corrected chi connectivity index (χ4v) is 4.05. The monoisotopic (exact) mass is 315 g/mol. The Morgan fingerprint density at radius 2 is 2.05 bits per heavy atom. The van der Waals surface area contributed by atoms with Crippen molar-refractivity contribution < 1.29 is 17.5 Å². The molecule has 0 amide bonds. The van der Waals surface area contributed by atoms with Gasteiger partial charge in [-0.1, -0.05) is 19.8 Å². The van der Waals surface area contributed by atoms with Crippen LogP contribution in [0, 0.1) is 12.7 Å². The molecule has 0 bridgehead atoms. The molecule has 0 saturated carbocycles. The fourth-order valence-electron chi connectivity index (χ4n) is 2.35. The Balaban J connectivity index is 1.91. The molecule has 0 spiro atoms. The number of aryl methyl sites for hydroxylation is 1. The average molecular weight is 315 g/mol. The Kier molecular flexibility index (Phi) is 5.35. The van der Waals surface area contributed by atoms with Crippen LogP contribution < -0.4 is 0 Å². The highest BCUT2D eigenvalue weighted by Gasteiger charge is 2.37. The van der Waals surface area contributed by atoms with Gasteiger partial charge in [0.1, 0.15) is 5.82 Å². The summed E-state index contributed by atoms with van der Waals surface area (Å²) in [6.45, 7) is 5.18. The van der Waals surface area contributed by atoms with Gasteiger partial charge in [0.15, 0.2) is 0 Å². The second kappa shape index (κ2) is 6.85. The summed E-state index contributed by atoms with van der Waals surface area (Å²) in [5, 5.41) is 0. The number of ether oxygens (including phenoxy) is 1. The number of rotatable bonds is 7. The first-order valence-corrected chi connectivity index (χ1v) is 8.77. The van der Waals surface area contributed by atoms with Gasteiger partial charge in [0, 0.05) is 19.7 Å². The zero-order chi connectivity index (χ0) is 15.5. The maximum atomic E-state index is 13.1. The van der Waals surface area contributed by atoms with E-state index in [1.807, 2.05) is 0 Å². The van der Waals surface area contributed by atoms with Crippen LogP contribution in [-0.2, 0) is 14.8 Å². The summed E-state index contributed by atoms with van der Waals surface area (Å²) >= 11 is 0. The molecule has 0 aromatic heterocycles. The highest BCUT2D eigenvalue weighted by Crippen LogP contribution is 2.25. The highest BCUT2D eigenvalue weighted by atomic mass is 32.2. The molecule has 1 heterocycles. The Bertz CT molecular complexity index is 583. The predicted molar refractivity (Wildman–Crippen MR) is 79.2 cm³/mol. The highest BCUT2D eigenvalue weighted by molar-refractivity contribution is 7.89. The average Bonchev–Trinajstić information content (AvgIpc) is 2.35. The predicted octanol–water partition coefficient (Wildman–Crippen LogP) is 2.71. The Hall–Kier alpha value is -0.980. The largest absolute Gasteiger partial charge is 0.375 e. The molecule has 4 nitrogen and oxygen atoms in total. The molecule has 21 heavy (non-hydrogen) atoms. The van der Waals surface area contributed by atoms with Crippen LogP contribution in [0.5, 0.6) is 0 Å². The molecule has 1 aliphatic heterocycles. The van der Waals surface area contributed by atoms with Crippen LogP contribution in [0.1, 0.15) is 31.7 Å². The van der Waals surface area contributed by atoms with E-state index in [1.165, 1.54) is 22.5 Å². The standard InChI is InChI=1S/C15H22FNO3S/c1-3-4-5-8-20-14-10-17(11-14)21(18,19)15-7-6-13(16)9-12(15)2/h6-7,9,14H,3-5,8,10-11H2,1-2H3. The van der Waals surface area contributed by atoms with Gasteiger partial charge in [-0.05, 0) is 37.1 Å². The molecule has 0 radical (unpaired) electrons. The molecule has 1 aromatic carbocycles. The zero-order valence-electron chi connectivity index (χ0n) is 12.5. The minimum atomic E-state index is -3.53. The number of nitrogens with zero attached hydrogens (tertiary/aromatic N) is 1. The number of hydrogen-bond donors (Lipinski definition) is 0. The van der Waals surface area contributed by atoms with Crippen molar-refractivity contribution in [3.8, 4) is 0 Å². The molecule has 0 aliphatic carbocycles. The lowest BCUT2D eigenvalue weighted by molar-refractivity contribution is -0.0211. The van der Waals surface area contributed by atoms with E-state index in [9.17, 15) is 12.8 Å². The molecular weight excluding hydrogens is 293 g/mol. The van der Waals surface area contributed by atoms with E-state index in [1.54, 1.807) is 6.92 Å². The first-order chi connectivity index (χ1) is 9.95. The SMILES string of the molecule is CCCCCOC1CN(S(=O)(=O)c2ccc(F)cc2C)C1. The molecule has 2 rings (SSSR count). The normalized spacial score (nSPS) is 16.9. The van der Waals surface area contributed by atoms with Crippen LogP contribution >= 0.6 is 0 Å². The quantitative estimate of drug-likeness (QED) is 0.727. The van der Waals surface area contributed by atoms with Crippen LogP contribution in [0.4, 0.5) is 4.39 Å². The lowest BCUT2D eigenvalue weighted by Gasteiger charge is -2.38. The van der Waals surface area contributed by atoms with Gasteiger partial charge in [0.2, 0.25) is 10.0 Å². The van der Waals surface area contributed by atoms with Crippen molar-refractivity contribution in [3.63, 3.8) is 0 Å². The van der Waals surface area contributed by atoms with Crippen molar-refractivity contribution in [2.45, 2.75) is 44.1 Å². The number of sulfonamides is 1. The number of benzene rings is 1. The third kappa shape index (κ3) is 3.81. The van der Waals surface area contributed by atoms with E-state index in [2.05, 4.69) is 6.92 Å². The van der Waals surface area contributed by atoms with Crippen molar-refractivity contribution in [2.24, 2.45) is 0 Å².